The first-order chi connectivity index (χ1) is 18.4. The van der Waals surface area contributed by atoms with Crippen LogP contribution in [0.1, 0.15) is 18.1 Å². The average Bonchev–Trinajstić information content (AvgIpc) is 2.88. The van der Waals surface area contributed by atoms with Crippen molar-refractivity contribution < 1.29 is 18.0 Å². The lowest BCUT2D eigenvalue weighted by Gasteiger charge is -2.33. The van der Waals surface area contributed by atoms with Gasteiger partial charge >= 0.3 is 0 Å². The molecule has 7 nitrogen and oxygen atoms in total. The van der Waals surface area contributed by atoms with E-state index in [-0.39, 0.29) is 39.6 Å². The van der Waals surface area contributed by atoms with E-state index in [1.54, 1.807) is 31.2 Å². The second kappa shape index (κ2) is 13.7. The van der Waals surface area contributed by atoms with Crippen molar-refractivity contribution in [2.24, 2.45) is 0 Å². The lowest BCUT2D eigenvalue weighted by atomic mass is 10.0. The minimum Gasteiger partial charge on any atom is -0.355 e. The van der Waals surface area contributed by atoms with Crippen LogP contribution in [-0.4, -0.2) is 50.5 Å². The number of nitrogens with one attached hydrogen (secondary N) is 1. The average molecular weight is 631 g/mol. The van der Waals surface area contributed by atoms with Crippen molar-refractivity contribution >= 4 is 73.9 Å². The van der Waals surface area contributed by atoms with E-state index >= 15 is 0 Å². The standard InChI is InChI=1S/C27H27Cl4N3O4S/c1-3-32-27(36)25(13-18-7-5-4-6-8-18)33(16-19-9-11-20(28)12-10-19)26(35)17-34(39(2,37)38)24-15-22(30)21(29)14-23(24)31/h4-12,14-15,25H,3,13,16-17H2,1-2H3,(H,32,36). The molecule has 0 aromatic heterocycles. The van der Waals surface area contributed by atoms with Gasteiger partial charge in [0.1, 0.15) is 12.6 Å². The molecule has 0 radical (unpaired) electrons. The zero-order chi connectivity index (χ0) is 28.7. The fourth-order valence-electron chi connectivity index (χ4n) is 3.93. The number of nitrogens with zero attached hydrogens (tertiary/aromatic N) is 2. The van der Waals surface area contributed by atoms with Gasteiger partial charge in [-0.2, -0.15) is 0 Å². The molecule has 0 aliphatic rings. The second-order valence-electron chi connectivity index (χ2n) is 8.74. The highest BCUT2D eigenvalue weighted by Gasteiger charge is 2.33. The molecule has 0 saturated heterocycles. The molecule has 0 bridgehead atoms. The fraction of sp³-hybridized carbons (Fsp3) is 0.259. The van der Waals surface area contributed by atoms with Crippen LogP contribution in [-0.2, 0) is 32.6 Å². The van der Waals surface area contributed by atoms with Gasteiger partial charge in [-0.25, -0.2) is 8.42 Å². The second-order valence-corrected chi connectivity index (χ2v) is 12.3. The zero-order valence-electron chi connectivity index (χ0n) is 21.2. The van der Waals surface area contributed by atoms with E-state index in [4.69, 9.17) is 46.4 Å². The van der Waals surface area contributed by atoms with Gasteiger partial charge in [-0.05, 0) is 42.3 Å². The molecule has 1 N–H and O–H groups in total. The van der Waals surface area contributed by atoms with Gasteiger partial charge in [-0.1, -0.05) is 88.9 Å². The summed E-state index contributed by atoms with van der Waals surface area (Å²) < 4.78 is 26.6. The molecule has 3 aromatic carbocycles. The first-order valence-corrected chi connectivity index (χ1v) is 15.2. The van der Waals surface area contributed by atoms with Gasteiger partial charge in [0, 0.05) is 24.5 Å². The lowest BCUT2D eigenvalue weighted by molar-refractivity contribution is -0.140. The molecule has 0 fully saturated rings. The van der Waals surface area contributed by atoms with Crippen LogP contribution < -0.4 is 9.62 Å². The molecule has 12 heteroatoms. The minimum atomic E-state index is -4.01. The predicted octanol–water partition coefficient (Wildman–Crippen LogP) is 5.84. The Balaban J connectivity index is 2.07. The Labute approximate surface area is 248 Å². The summed E-state index contributed by atoms with van der Waals surface area (Å²) in [5.74, 6) is -0.994. The molecule has 39 heavy (non-hydrogen) atoms. The lowest BCUT2D eigenvalue weighted by Crippen LogP contribution is -2.53. The van der Waals surface area contributed by atoms with Crippen LogP contribution in [0.3, 0.4) is 0 Å². The third-order valence-corrected chi connectivity index (χ3v) is 8.23. The van der Waals surface area contributed by atoms with Gasteiger partial charge in [0.15, 0.2) is 0 Å². The summed E-state index contributed by atoms with van der Waals surface area (Å²) in [5.41, 5.74) is 1.52. The fourth-order valence-corrected chi connectivity index (χ4v) is 5.60. The Morgan fingerprint density at radius 3 is 2.08 bits per heavy atom. The van der Waals surface area contributed by atoms with Crippen molar-refractivity contribution in [3.63, 3.8) is 0 Å². The number of rotatable bonds is 11. The monoisotopic (exact) mass is 629 g/mol. The summed E-state index contributed by atoms with van der Waals surface area (Å²) in [6.45, 7) is 1.52. The van der Waals surface area contributed by atoms with E-state index < -0.39 is 28.5 Å². The first-order valence-electron chi connectivity index (χ1n) is 11.9. The summed E-state index contributed by atoms with van der Waals surface area (Å²) in [6.07, 6.45) is 1.16. The third kappa shape index (κ3) is 8.50. The Kier molecular flexibility index (Phi) is 10.9. The van der Waals surface area contributed by atoms with E-state index in [2.05, 4.69) is 5.32 Å². The highest BCUT2D eigenvalue weighted by molar-refractivity contribution is 7.92. The molecular formula is C27H27Cl4N3O4S. The van der Waals surface area contributed by atoms with Crippen molar-refractivity contribution in [2.45, 2.75) is 25.9 Å². The van der Waals surface area contributed by atoms with E-state index in [9.17, 15) is 18.0 Å². The number of sulfonamides is 1. The summed E-state index contributed by atoms with van der Waals surface area (Å²) in [4.78, 5) is 28.6. The van der Waals surface area contributed by atoms with Crippen LogP contribution in [0.2, 0.25) is 20.1 Å². The van der Waals surface area contributed by atoms with Crippen LogP contribution >= 0.6 is 46.4 Å². The number of benzene rings is 3. The highest BCUT2D eigenvalue weighted by Crippen LogP contribution is 2.35. The maximum Gasteiger partial charge on any atom is 0.244 e. The summed E-state index contributed by atoms with van der Waals surface area (Å²) >= 11 is 24.5. The van der Waals surface area contributed by atoms with E-state index in [1.165, 1.54) is 17.0 Å². The van der Waals surface area contributed by atoms with Crippen LogP contribution in [0.5, 0.6) is 0 Å². The van der Waals surface area contributed by atoms with Crippen LogP contribution in [0.15, 0.2) is 66.7 Å². The van der Waals surface area contributed by atoms with Crippen molar-refractivity contribution in [1.29, 1.82) is 0 Å². The van der Waals surface area contributed by atoms with Crippen LogP contribution in [0.4, 0.5) is 5.69 Å². The van der Waals surface area contributed by atoms with E-state index in [0.29, 0.717) is 17.1 Å². The van der Waals surface area contributed by atoms with Crippen molar-refractivity contribution in [2.75, 3.05) is 23.7 Å². The molecule has 3 aromatic rings. The molecule has 0 aliphatic carbocycles. The molecule has 0 heterocycles. The summed E-state index contributed by atoms with van der Waals surface area (Å²) in [6, 6.07) is 17.7. The molecule has 0 aliphatic heterocycles. The van der Waals surface area contributed by atoms with Crippen molar-refractivity contribution in [3.05, 3.63) is 97.9 Å². The molecule has 2 amide bonds. The van der Waals surface area contributed by atoms with Gasteiger partial charge in [-0.15, -0.1) is 0 Å². The quantitative estimate of drug-likeness (QED) is 0.270. The smallest absolute Gasteiger partial charge is 0.244 e. The van der Waals surface area contributed by atoms with Gasteiger partial charge in [-0.3, -0.25) is 13.9 Å². The number of carbonyl (C=O) groups is 2. The number of hydrogen-bond donors (Lipinski definition) is 1. The first kappa shape index (κ1) is 31.0. The van der Waals surface area contributed by atoms with Gasteiger partial charge in [0.2, 0.25) is 21.8 Å². The number of halogens is 4. The number of likely N-dealkylation sites (N-methyl/N-ethyl adjacent to an activating group) is 1. The third-order valence-electron chi connectivity index (χ3n) is 5.83. The normalized spacial score (nSPS) is 12.1. The maximum atomic E-state index is 14.0. The molecule has 3 rings (SSSR count). The number of amides is 2. The van der Waals surface area contributed by atoms with Crippen molar-refractivity contribution in [3.8, 4) is 0 Å². The Morgan fingerprint density at radius 2 is 1.49 bits per heavy atom. The zero-order valence-corrected chi connectivity index (χ0v) is 25.0. The van der Waals surface area contributed by atoms with Gasteiger partial charge in [0.05, 0.1) is 27.0 Å². The van der Waals surface area contributed by atoms with E-state index in [1.807, 2.05) is 30.3 Å². The van der Waals surface area contributed by atoms with Crippen LogP contribution in [0, 0.1) is 0 Å². The number of anilines is 1. The molecule has 0 spiro atoms. The minimum absolute atomic E-state index is 0.00330. The molecule has 208 valence electrons. The van der Waals surface area contributed by atoms with Gasteiger partial charge < -0.3 is 10.2 Å². The largest absolute Gasteiger partial charge is 0.355 e. The maximum absolute atomic E-state index is 14.0. The summed E-state index contributed by atoms with van der Waals surface area (Å²) in [5, 5.41) is 3.51. The molecule has 0 saturated carbocycles. The Morgan fingerprint density at radius 1 is 0.872 bits per heavy atom. The topological polar surface area (TPSA) is 86.8 Å². The van der Waals surface area contributed by atoms with E-state index in [0.717, 1.165) is 16.1 Å². The Hall–Kier alpha value is -2.49. The Bertz CT molecular complexity index is 1420. The van der Waals surface area contributed by atoms with Gasteiger partial charge in [0.25, 0.3) is 0 Å². The number of carbonyl (C=O) groups excluding carboxylic acids is 2. The predicted molar refractivity (Wildman–Crippen MR) is 158 cm³/mol. The summed E-state index contributed by atoms with van der Waals surface area (Å²) in [7, 11) is -4.01. The van der Waals surface area contributed by atoms with Crippen molar-refractivity contribution in [1.82, 2.24) is 10.2 Å². The number of hydrogen-bond acceptors (Lipinski definition) is 4. The SMILES string of the molecule is CCNC(=O)C(Cc1ccccc1)N(Cc1ccc(Cl)cc1)C(=O)CN(c1cc(Cl)c(Cl)cc1Cl)S(C)(=O)=O. The molecule has 1 unspecified atom stereocenters. The molecular weight excluding hydrogens is 604 g/mol. The highest BCUT2D eigenvalue weighted by atomic mass is 35.5. The van der Waals surface area contributed by atoms with Crippen LogP contribution in [0.25, 0.3) is 0 Å². The molecule has 1 atom stereocenters.